The number of aromatic nitrogens is 1. The largest absolute Gasteiger partial charge is 0.326 e. The minimum Gasteiger partial charge on any atom is -0.326 e. The lowest BCUT2D eigenvalue weighted by Crippen LogP contribution is -2.44. The first-order valence-corrected chi connectivity index (χ1v) is 10.2. The number of pyridine rings is 1. The maximum Gasteiger partial charge on any atom is 0.270 e. The fourth-order valence-corrected chi connectivity index (χ4v) is 3.77. The van der Waals surface area contributed by atoms with Crippen LogP contribution in [0.5, 0.6) is 0 Å². The van der Waals surface area contributed by atoms with Crippen molar-refractivity contribution in [2.75, 3.05) is 5.01 Å². The van der Waals surface area contributed by atoms with E-state index in [1.54, 1.807) is 6.20 Å². The molecule has 0 radical (unpaired) electrons. The van der Waals surface area contributed by atoms with Gasteiger partial charge in [0.25, 0.3) is 5.91 Å². The summed E-state index contributed by atoms with van der Waals surface area (Å²) >= 11 is 0. The van der Waals surface area contributed by atoms with E-state index in [2.05, 4.69) is 10.1 Å². The Morgan fingerprint density at radius 1 is 1.17 bits per heavy atom. The molecule has 2 aromatic rings. The summed E-state index contributed by atoms with van der Waals surface area (Å²) in [6.45, 7) is 5.94. The summed E-state index contributed by atoms with van der Waals surface area (Å²) in [4.78, 5) is 32.4. The maximum absolute atomic E-state index is 13.5. The summed E-state index contributed by atoms with van der Waals surface area (Å²) in [7, 11) is 0. The van der Waals surface area contributed by atoms with Gasteiger partial charge in [0.15, 0.2) is 0 Å². The third-order valence-electron chi connectivity index (χ3n) is 5.58. The zero-order chi connectivity index (χ0) is 20.5. The highest BCUT2D eigenvalue weighted by Crippen LogP contribution is 2.35. The summed E-state index contributed by atoms with van der Waals surface area (Å²) in [5.74, 6) is -0.167. The first-order chi connectivity index (χ1) is 14.0. The van der Waals surface area contributed by atoms with E-state index < -0.39 is 0 Å². The van der Waals surface area contributed by atoms with Gasteiger partial charge in [-0.15, -0.1) is 0 Å². The Balaban J connectivity index is 1.66. The van der Waals surface area contributed by atoms with E-state index in [-0.39, 0.29) is 30.3 Å². The minimum atomic E-state index is -0.134. The Kier molecular flexibility index (Phi) is 5.18. The van der Waals surface area contributed by atoms with Gasteiger partial charge in [0.05, 0.1) is 17.4 Å². The van der Waals surface area contributed by atoms with Gasteiger partial charge in [-0.3, -0.25) is 14.6 Å². The lowest BCUT2D eigenvalue weighted by Gasteiger charge is -2.31. The minimum absolute atomic E-state index is 0.0778. The van der Waals surface area contributed by atoms with Crippen molar-refractivity contribution >= 4 is 23.2 Å². The summed E-state index contributed by atoms with van der Waals surface area (Å²) < 4.78 is 0. The molecule has 0 spiro atoms. The van der Waals surface area contributed by atoms with Gasteiger partial charge in [0.2, 0.25) is 5.91 Å². The summed E-state index contributed by atoms with van der Waals surface area (Å²) in [5.41, 5.74) is 4.07. The Morgan fingerprint density at radius 3 is 2.66 bits per heavy atom. The molecule has 1 aliphatic carbocycles. The molecule has 1 unspecified atom stereocenters. The Bertz CT molecular complexity index is 966. The molecule has 2 heterocycles. The van der Waals surface area contributed by atoms with Crippen molar-refractivity contribution in [2.45, 2.75) is 58.5 Å². The molecular formula is C23H26N4O2. The fourth-order valence-electron chi connectivity index (χ4n) is 3.77. The highest BCUT2D eigenvalue weighted by molar-refractivity contribution is 6.40. The van der Waals surface area contributed by atoms with Gasteiger partial charge in [0, 0.05) is 25.1 Å². The van der Waals surface area contributed by atoms with Crippen molar-refractivity contribution in [3.8, 4) is 0 Å². The molecule has 1 saturated carbocycles. The average molecular weight is 390 g/mol. The van der Waals surface area contributed by atoms with E-state index in [4.69, 9.17) is 0 Å². The van der Waals surface area contributed by atoms with Gasteiger partial charge in [-0.1, -0.05) is 18.2 Å². The molecule has 1 atom stereocenters. The van der Waals surface area contributed by atoms with Crippen LogP contribution in [0.1, 0.15) is 55.5 Å². The van der Waals surface area contributed by atoms with Crippen LogP contribution >= 0.6 is 0 Å². The van der Waals surface area contributed by atoms with E-state index in [9.17, 15) is 9.59 Å². The van der Waals surface area contributed by atoms with Gasteiger partial charge in [-0.2, -0.15) is 5.10 Å². The van der Waals surface area contributed by atoms with Gasteiger partial charge < -0.3 is 4.90 Å². The molecule has 1 aromatic carbocycles. The van der Waals surface area contributed by atoms with E-state index in [0.29, 0.717) is 12.1 Å². The summed E-state index contributed by atoms with van der Waals surface area (Å²) in [6, 6.07) is 11.8. The number of carbonyl (C=O) groups excluding carboxylic acids is 2. The lowest BCUT2D eigenvalue weighted by molar-refractivity contribution is -0.127. The van der Waals surface area contributed by atoms with E-state index in [1.165, 1.54) is 5.01 Å². The van der Waals surface area contributed by atoms with Crippen LogP contribution in [0.15, 0.2) is 47.7 Å². The van der Waals surface area contributed by atoms with Crippen LogP contribution < -0.4 is 5.01 Å². The Morgan fingerprint density at radius 2 is 1.97 bits per heavy atom. The lowest BCUT2D eigenvalue weighted by atomic mass is 10.1. The monoisotopic (exact) mass is 390 g/mol. The molecule has 4 rings (SSSR count). The van der Waals surface area contributed by atoms with Crippen molar-refractivity contribution in [3.05, 3.63) is 59.4 Å². The second-order valence-corrected chi connectivity index (χ2v) is 7.92. The maximum atomic E-state index is 13.5. The van der Waals surface area contributed by atoms with Crippen LogP contribution in [-0.2, 0) is 9.59 Å². The van der Waals surface area contributed by atoms with Gasteiger partial charge in [0.1, 0.15) is 5.71 Å². The van der Waals surface area contributed by atoms with Gasteiger partial charge in [-0.25, -0.2) is 5.01 Å². The smallest absolute Gasteiger partial charge is 0.270 e. The fraction of sp³-hybridized carbons (Fsp3) is 0.391. The molecule has 6 nitrogen and oxygen atoms in total. The van der Waals surface area contributed by atoms with Crippen molar-refractivity contribution in [3.63, 3.8) is 0 Å². The third-order valence-corrected chi connectivity index (χ3v) is 5.58. The number of benzene rings is 1. The molecule has 6 heteroatoms. The van der Waals surface area contributed by atoms with Crippen LogP contribution in [-0.4, -0.2) is 33.5 Å². The summed E-state index contributed by atoms with van der Waals surface area (Å²) in [6.07, 6.45) is 4.40. The number of hydrogen-bond acceptors (Lipinski definition) is 4. The van der Waals surface area contributed by atoms with Crippen LogP contribution in [0.4, 0.5) is 5.69 Å². The number of nitrogens with zero attached hydrogens (tertiary/aromatic N) is 4. The average Bonchev–Trinajstić information content (AvgIpc) is 3.56. The normalized spacial score (nSPS) is 17.7. The first-order valence-electron chi connectivity index (χ1n) is 10.2. The standard InChI is InChI=1S/C23H26N4O2/c1-15-7-8-16(2)21(14-15)27-22(28)12-11-20(25-27)23(29)26(18-9-10-18)17(3)19-6-4-5-13-24-19/h4-8,13-14,17-18H,9-12H2,1-3H3. The molecular weight excluding hydrogens is 364 g/mol. The predicted molar refractivity (Wildman–Crippen MR) is 113 cm³/mol. The quantitative estimate of drug-likeness (QED) is 0.777. The van der Waals surface area contributed by atoms with Gasteiger partial charge in [-0.05, 0) is 62.9 Å². The number of anilines is 1. The highest BCUT2D eigenvalue weighted by Gasteiger charge is 2.39. The second kappa shape index (κ2) is 7.78. The Labute approximate surface area is 171 Å². The number of amides is 2. The number of carbonyl (C=O) groups is 2. The van der Waals surface area contributed by atoms with Crippen molar-refractivity contribution in [1.29, 1.82) is 0 Å². The molecule has 2 aliphatic rings. The molecule has 1 aromatic heterocycles. The molecule has 0 saturated heterocycles. The van der Waals surface area contributed by atoms with Gasteiger partial charge >= 0.3 is 0 Å². The number of aryl methyl sites for hydroxylation is 2. The van der Waals surface area contributed by atoms with E-state index in [0.717, 1.165) is 35.3 Å². The number of hydrogen-bond donors (Lipinski definition) is 0. The molecule has 29 heavy (non-hydrogen) atoms. The number of hydrazone groups is 1. The van der Waals surface area contributed by atoms with Crippen LogP contribution in [0.2, 0.25) is 0 Å². The molecule has 2 amide bonds. The summed E-state index contributed by atoms with van der Waals surface area (Å²) in [5, 5.41) is 5.94. The van der Waals surface area contributed by atoms with Crippen LogP contribution in [0.3, 0.4) is 0 Å². The molecule has 0 bridgehead atoms. The molecule has 0 N–H and O–H groups in total. The SMILES string of the molecule is Cc1ccc(C)c(N2N=C(C(=O)N(C3CC3)C(C)c3ccccn3)CCC2=O)c1. The van der Waals surface area contributed by atoms with E-state index >= 15 is 0 Å². The van der Waals surface area contributed by atoms with Crippen molar-refractivity contribution < 1.29 is 9.59 Å². The zero-order valence-electron chi connectivity index (χ0n) is 17.1. The zero-order valence-corrected chi connectivity index (χ0v) is 17.1. The molecule has 1 aliphatic heterocycles. The number of rotatable bonds is 5. The second-order valence-electron chi connectivity index (χ2n) is 7.92. The highest BCUT2D eigenvalue weighted by atomic mass is 16.2. The third kappa shape index (κ3) is 3.92. The Hall–Kier alpha value is -3.02. The van der Waals surface area contributed by atoms with Crippen LogP contribution in [0, 0.1) is 13.8 Å². The van der Waals surface area contributed by atoms with E-state index in [1.807, 2.05) is 62.1 Å². The van der Waals surface area contributed by atoms with Crippen LogP contribution in [0.25, 0.3) is 0 Å². The predicted octanol–water partition coefficient (Wildman–Crippen LogP) is 3.93. The molecule has 1 fully saturated rings. The van der Waals surface area contributed by atoms with Crippen molar-refractivity contribution in [2.24, 2.45) is 5.10 Å². The molecule has 150 valence electrons. The first kappa shape index (κ1) is 19.3. The topological polar surface area (TPSA) is 65.9 Å². The van der Waals surface area contributed by atoms with Crippen molar-refractivity contribution in [1.82, 2.24) is 9.88 Å².